The molecule has 0 aliphatic heterocycles. The lowest BCUT2D eigenvalue weighted by molar-refractivity contribution is 0.521. The molecule has 18 heavy (non-hydrogen) atoms. The quantitative estimate of drug-likeness (QED) is 0.886. The summed E-state index contributed by atoms with van der Waals surface area (Å²) in [7, 11) is 1.98. The highest BCUT2D eigenvalue weighted by Crippen LogP contribution is 2.27. The van der Waals surface area contributed by atoms with E-state index in [9.17, 15) is 0 Å². The van der Waals surface area contributed by atoms with Crippen LogP contribution in [0.2, 0.25) is 0 Å². The zero-order chi connectivity index (χ0) is 13.0. The van der Waals surface area contributed by atoms with Crippen LogP contribution >= 0.6 is 27.3 Å². The normalized spacial score (nSPS) is 12.8. The maximum absolute atomic E-state index is 4.36. The van der Waals surface area contributed by atoms with E-state index in [4.69, 9.17) is 0 Å². The van der Waals surface area contributed by atoms with Crippen molar-refractivity contribution in [2.24, 2.45) is 0 Å². The summed E-state index contributed by atoms with van der Waals surface area (Å²) in [5.41, 5.74) is 0. The molecule has 98 valence electrons. The molecule has 0 aliphatic rings. The van der Waals surface area contributed by atoms with Gasteiger partial charge in [-0.3, -0.25) is 4.68 Å². The third-order valence-corrected chi connectivity index (χ3v) is 4.60. The molecule has 0 aromatic carbocycles. The van der Waals surface area contributed by atoms with Gasteiger partial charge in [0.1, 0.15) is 12.2 Å². The van der Waals surface area contributed by atoms with Crippen LogP contribution in [0.3, 0.4) is 0 Å². The molecule has 0 spiro atoms. The highest BCUT2D eigenvalue weighted by atomic mass is 79.9. The Balaban J connectivity index is 2.12. The maximum atomic E-state index is 4.36. The Kier molecular flexibility index (Phi) is 4.91. The third kappa shape index (κ3) is 3.18. The molecule has 1 unspecified atom stereocenters. The molecule has 0 radical (unpaired) electrons. The van der Waals surface area contributed by atoms with E-state index in [-0.39, 0.29) is 0 Å². The van der Waals surface area contributed by atoms with Crippen molar-refractivity contribution in [1.29, 1.82) is 0 Å². The molecule has 6 heteroatoms. The van der Waals surface area contributed by atoms with Gasteiger partial charge in [0.2, 0.25) is 0 Å². The highest BCUT2D eigenvalue weighted by Gasteiger charge is 2.15. The van der Waals surface area contributed by atoms with E-state index < -0.39 is 0 Å². The number of nitrogens with one attached hydrogen (secondary N) is 1. The van der Waals surface area contributed by atoms with Gasteiger partial charge < -0.3 is 5.32 Å². The van der Waals surface area contributed by atoms with Crippen LogP contribution in [0, 0.1) is 0 Å². The molecule has 0 saturated heterocycles. The number of rotatable bonds is 6. The molecule has 0 aliphatic carbocycles. The molecule has 0 amide bonds. The minimum absolute atomic E-state index is 0.293. The molecular weight excluding hydrogens is 312 g/mol. The second-order valence-electron chi connectivity index (χ2n) is 4.11. The fraction of sp³-hybridized carbons (Fsp3) is 0.500. The minimum atomic E-state index is 0.293. The van der Waals surface area contributed by atoms with Crippen molar-refractivity contribution in [3.05, 3.63) is 32.9 Å². The first-order valence-electron chi connectivity index (χ1n) is 6.02. The van der Waals surface area contributed by atoms with E-state index >= 15 is 0 Å². The summed E-state index contributed by atoms with van der Waals surface area (Å²) in [6.07, 6.45) is 3.58. The topological polar surface area (TPSA) is 42.7 Å². The van der Waals surface area contributed by atoms with Gasteiger partial charge in [-0.25, -0.2) is 4.98 Å². The van der Waals surface area contributed by atoms with Crippen molar-refractivity contribution in [3.63, 3.8) is 0 Å². The molecule has 2 aromatic rings. The van der Waals surface area contributed by atoms with Crippen LogP contribution in [0.5, 0.6) is 0 Å². The van der Waals surface area contributed by atoms with E-state index in [1.807, 2.05) is 11.7 Å². The van der Waals surface area contributed by atoms with Crippen LogP contribution in [0.1, 0.15) is 30.1 Å². The van der Waals surface area contributed by atoms with Gasteiger partial charge in [-0.05, 0) is 35.5 Å². The Morgan fingerprint density at radius 1 is 1.56 bits per heavy atom. The Morgan fingerprint density at radius 2 is 2.39 bits per heavy atom. The number of likely N-dealkylation sites (N-methyl/N-ethyl adjacent to an activating group) is 1. The van der Waals surface area contributed by atoms with Crippen LogP contribution in [0.4, 0.5) is 0 Å². The van der Waals surface area contributed by atoms with Gasteiger partial charge in [0.05, 0.1) is 0 Å². The predicted octanol–water partition coefficient (Wildman–Crippen LogP) is 3.02. The van der Waals surface area contributed by atoms with Crippen molar-refractivity contribution in [2.45, 2.75) is 32.4 Å². The van der Waals surface area contributed by atoms with Crippen LogP contribution in [0.25, 0.3) is 0 Å². The van der Waals surface area contributed by atoms with Crippen molar-refractivity contribution in [3.8, 4) is 0 Å². The van der Waals surface area contributed by atoms with Gasteiger partial charge in [-0.1, -0.05) is 6.92 Å². The summed E-state index contributed by atoms with van der Waals surface area (Å²) in [4.78, 5) is 5.67. The van der Waals surface area contributed by atoms with Crippen LogP contribution in [-0.2, 0) is 13.0 Å². The molecule has 2 rings (SSSR count). The standard InChI is InChI=1S/C12H17BrN4S/c1-3-4-17-12(15-8-16-17)6-10(14-2)11-5-9(13)7-18-11/h5,7-8,10,14H,3-4,6H2,1-2H3. The highest BCUT2D eigenvalue weighted by molar-refractivity contribution is 9.10. The molecule has 1 N–H and O–H groups in total. The second-order valence-corrected chi connectivity index (χ2v) is 5.97. The van der Waals surface area contributed by atoms with Gasteiger partial charge in [0, 0.05) is 33.7 Å². The van der Waals surface area contributed by atoms with E-state index in [2.05, 4.69) is 49.7 Å². The van der Waals surface area contributed by atoms with Gasteiger partial charge in [-0.2, -0.15) is 5.10 Å². The van der Waals surface area contributed by atoms with Crippen LogP contribution in [-0.4, -0.2) is 21.8 Å². The molecule has 0 bridgehead atoms. The summed E-state index contributed by atoms with van der Waals surface area (Å²) in [6.45, 7) is 3.08. The zero-order valence-electron chi connectivity index (χ0n) is 10.6. The first-order valence-corrected chi connectivity index (χ1v) is 7.69. The molecule has 1 atom stereocenters. The lowest BCUT2D eigenvalue weighted by atomic mass is 10.1. The summed E-state index contributed by atoms with van der Waals surface area (Å²) in [5, 5.41) is 9.72. The number of thiophene rings is 1. The molecule has 0 fully saturated rings. The van der Waals surface area contributed by atoms with Gasteiger partial charge >= 0.3 is 0 Å². The van der Waals surface area contributed by atoms with E-state index in [1.54, 1.807) is 17.7 Å². The molecule has 2 heterocycles. The number of aryl methyl sites for hydroxylation is 1. The van der Waals surface area contributed by atoms with E-state index in [0.717, 1.165) is 29.7 Å². The zero-order valence-corrected chi connectivity index (χ0v) is 13.0. The first kappa shape index (κ1) is 13.7. The van der Waals surface area contributed by atoms with Crippen molar-refractivity contribution < 1.29 is 0 Å². The number of aromatic nitrogens is 3. The van der Waals surface area contributed by atoms with Crippen LogP contribution in [0.15, 0.2) is 22.2 Å². The van der Waals surface area contributed by atoms with Gasteiger partial charge in [-0.15, -0.1) is 11.3 Å². The second kappa shape index (κ2) is 6.45. The van der Waals surface area contributed by atoms with Crippen molar-refractivity contribution in [2.75, 3.05) is 7.05 Å². The number of nitrogens with zero attached hydrogens (tertiary/aromatic N) is 3. The maximum Gasteiger partial charge on any atom is 0.138 e. The summed E-state index contributed by atoms with van der Waals surface area (Å²) < 4.78 is 3.13. The Labute approximate surface area is 120 Å². The van der Waals surface area contributed by atoms with Gasteiger partial charge in [0.15, 0.2) is 0 Å². The van der Waals surface area contributed by atoms with E-state index in [1.165, 1.54) is 4.88 Å². The van der Waals surface area contributed by atoms with E-state index in [0.29, 0.717) is 6.04 Å². The van der Waals surface area contributed by atoms with Crippen LogP contribution < -0.4 is 5.32 Å². The molecule has 0 saturated carbocycles. The average Bonchev–Trinajstić information content (AvgIpc) is 2.96. The lowest BCUT2D eigenvalue weighted by Gasteiger charge is -2.14. The van der Waals surface area contributed by atoms with Gasteiger partial charge in [0.25, 0.3) is 0 Å². The lowest BCUT2D eigenvalue weighted by Crippen LogP contribution is -2.20. The Hall–Kier alpha value is -0.720. The fourth-order valence-electron chi connectivity index (χ4n) is 1.88. The number of hydrogen-bond donors (Lipinski definition) is 1. The minimum Gasteiger partial charge on any atom is -0.312 e. The third-order valence-electron chi connectivity index (χ3n) is 2.80. The monoisotopic (exact) mass is 328 g/mol. The summed E-state index contributed by atoms with van der Waals surface area (Å²) in [6, 6.07) is 2.45. The smallest absolute Gasteiger partial charge is 0.138 e. The molecule has 4 nitrogen and oxygen atoms in total. The Morgan fingerprint density at radius 3 is 3.00 bits per heavy atom. The van der Waals surface area contributed by atoms with Crippen molar-refractivity contribution in [1.82, 2.24) is 20.1 Å². The molecule has 2 aromatic heterocycles. The SMILES string of the molecule is CCCn1ncnc1CC(NC)c1cc(Br)cs1. The Bertz CT molecular complexity index is 494. The number of halogens is 1. The molecular formula is C12H17BrN4S. The average molecular weight is 329 g/mol. The summed E-state index contributed by atoms with van der Waals surface area (Å²) >= 11 is 5.25. The predicted molar refractivity (Wildman–Crippen MR) is 77.8 cm³/mol. The largest absolute Gasteiger partial charge is 0.312 e. The van der Waals surface area contributed by atoms with Crippen molar-refractivity contribution >= 4 is 27.3 Å². The first-order chi connectivity index (χ1) is 8.74. The number of hydrogen-bond acceptors (Lipinski definition) is 4. The fourth-order valence-corrected chi connectivity index (χ4v) is 3.44. The summed E-state index contributed by atoms with van der Waals surface area (Å²) in [5.74, 6) is 1.04.